The Hall–Kier alpha value is -0.150. The van der Waals surface area contributed by atoms with Crippen molar-refractivity contribution < 1.29 is 4.39 Å². The van der Waals surface area contributed by atoms with Gasteiger partial charge in [0.2, 0.25) is 0 Å². The van der Waals surface area contributed by atoms with Crippen LogP contribution in [0.25, 0.3) is 0 Å². The zero-order valence-corrected chi connectivity index (χ0v) is 9.92. The normalized spacial score (nSPS) is 35.6. The number of rotatable bonds is 1. The Labute approximate surface area is 86.6 Å². The van der Waals surface area contributed by atoms with E-state index < -0.39 is 6.17 Å². The summed E-state index contributed by atoms with van der Waals surface area (Å²) in [5, 5.41) is 0. The van der Waals surface area contributed by atoms with Gasteiger partial charge in [-0.2, -0.15) is 0 Å². The SMILES string of the molecule is CC(C)N1C[C@H](F)[C@H](N)C1C(C)(C)C. The maximum Gasteiger partial charge on any atom is 0.129 e. The predicted octanol–water partition coefficient (Wildman–Crippen LogP) is 1.79. The molecule has 1 aliphatic rings. The van der Waals surface area contributed by atoms with Gasteiger partial charge in [-0.25, -0.2) is 4.39 Å². The van der Waals surface area contributed by atoms with Crippen LogP contribution < -0.4 is 5.73 Å². The first-order valence-corrected chi connectivity index (χ1v) is 5.40. The molecule has 1 unspecified atom stereocenters. The van der Waals surface area contributed by atoms with Crippen molar-refractivity contribution in [1.82, 2.24) is 4.90 Å². The number of hydrogen-bond donors (Lipinski definition) is 1. The average molecular weight is 202 g/mol. The van der Waals surface area contributed by atoms with Crippen LogP contribution in [-0.2, 0) is 0 Å². The molecule has 0 amide bonds. The monoisotopic (exact) mass is 202 g/mol. The summed E-state index contributed by atoms with van der Waals surface area (Å²) in [4.78, 5) is 2.19. The largest absolute Gasteiger partial charge is 0.324 e. The van der Waals surface area contributed by atoms with Crippen LogP contribution in [0, 0.1) is 5.41 Å². The van der Waals surface area contributed by atoms with Gasteiger partial charge in [0.05, 0.1) is 6.04 Å². The molecule has 1 fully saturated rings. The molecule has 0 aromatic rings. The molecule has 3 atom stereocenters. The van der Waals surface area contributed by atoms with Gasteiger partial charge < -0.3 is 5.73 Å². The molecule has 0 spiro atoms. The van der Waals surface area contributed by atoms with E-state index in [4.69, 9.17) is 5.73 Å². The smallest absolute Gasteiger partial charge is 0.129 e. The molecule has 0 aliphatic carbocycles. The topological polar surface area (TPSA) is 29.3 Å². The second-order valence-electron chi connectivity index (χ2n) is 5.69. The van der Waals surface area contributed by atoms with Gasteiger partial charge in [0.25, 0.3) is 0 Å². The first kappa shape index (κ1) is 11.9. The fourth-order valence-electron chi connectivity index (χ4n) is 2.46. The highest BCUT2D eigenvalue weighted by Gasteiger charge is 2.46. The lowest BCUT2D eigenvalue weighted by Gasteiger charge is -2.39. The van der Waals surface area contributed by atoms with E-state index in [1.165, 1.54) is 0 Å². The van der Waals surface area contributed by atoms with E-state index in [0.717, 1.165) is 0 Å². The third-order valence-electron chi connectivity index (χ3n) is 3.08. The van der Waals surface area contributed by atoms with Crippen LogP contribution in [0.5, 0.6) is 0 Å². The Bertz CT molecular complexity index is 198. The summed E-state index contributed by atoms with van der Waals surface area (Å²) in [6.07, 6.45) is -0.873. The van der Waals surface area contributed by atoms with Gasteiger partial charge in [0.15, 0.2) is 0 Å². The molecule has 0 bridgehead atoms. The molecule has 0 aromatic carbocycles. The van der Waals surface area contributed by atoms with E-state index in [2.05, 4.69) is 39.5 Å². The first-order valence-electron chi connectivity index (χ1n) is 5.40. The van der Waals surface area contributed by atoms with Crippen molar-refractivity contribution in [1.29, 1.82) is 0 Å². The Morgan fingerprint density at radius 1 is 1.36 bits per heavy atom. The fourth-order valence-corrected chi connectivity index (χ4v) is 2.46. The standard InChI is InChI=1S/C11H23FN2/c1-7(2)14-6-8(12)9(13)10(14)11(3,4)5/h7-10H,6,13H2,1-5H3/t8-,9-,10?/m0/s1. The van der Waals surface area contributed by atoms with E-state index in [9.17, 15) is 4.39 Å². The molecule has 0 radical (unpaired) electrons. The maximum absolute atomic E-state index is 13.5. The van der Waals surface area contributed by atoms with Crippen LogP contribution >= 0.6 is 0 Å². The maximum atomic E-state index is 13.5. The van der Waals surface area contributed by atoms with Gasteiger partial charge in [0, 0.05) is 18.6 Å². The van der Waals surface area contributed by atoms with Crippen molar-refractivity contribution in [2.75, 3.05) is 6.54 Å². The van der Waals surface area contributed by atoms with Gasteiger partial charge >= 0.3 is 0 Å². The van der Waals surface area contributed by atoms with Crippen molar-refractivity contribution in [3.8, 4) is 0 Å². The minimum atomic E-state index is -0.873. The number of likely N-dealkylation sites (tertiary alicyclic amines) is 1. The number of halogens is 1. The quantitative estimate of drug-likeness (QED) is 0.702. The molecular weight excluding hydrogens is 179 g/mol. The summed E-state index contributed by atoms with van der Waals surface area (Å²) in [6.45, 7) is 11.1. The summed E-state index contributed by atoms with van der Waals surface area (Å²) in [6, 6.07) is 0.181. The van der Waals surface area contributed by atoms with Gasteiger partial charge in [-0.3, -0.25) is 4.90 Å². The van der Waals surface area contributed by atoms with E-state index in [1.807, 2.05) is 0 Å². The molecular formula is C11H23FN2. The van der Waals surface area contributed by atoms with Crippen molar-refractivity contribution in [2.45, 2.75) is 58.9 Å². The lowest BCUT2D eigenvalue weighted by molar-refractivity contribution is 0.103. The van der Waals surface area contributed by atoms with Gasteiger partial charge in [0.1, 0.15) is 6.17 Å². The summed E-state index contributed by atoms with van der Waals surface area (Å²) < 4.78 is 13.5. The Morgan fingerprint density at radius 3 is 2.14 bits per heavy atom. The van der Waals surface area contributed by atoms with E-state index in [-0.39, 0.29) is 17.5 Å². The minimum Gasteiger partial charge on any atom is -0.324 e. The second kappa shape index (κ2) is 3.78. The molecule has 0 aromatic heterocycles. The molecule has 84 valence electrons. The van der Waals surface area contributed by atoms with Gasteiger partial charge in [-0.05, 0) is 19.3 Å². The molecule has 14 heavy (non-hydrogen) atoms. The predicted molar refractivity (Wildman–Crippen MR) is 58.0 cm³/mol. The molecule has 1 saturated heterocycles. The fraction of sp³-hybridized carbons (Fsp3) is 1.00. The first-order chi connectivity index (χ1) is 6.25. The number of alkyl halides is 1. The Balaban J connectivity index is 2.87. The molecule has 1 rings (SSSR count). The zero-order chi connectivity index (χ0) is 11.1. The molecule has 2 N–H and O–H groups in total. The molecule has 2 nitrogen and oxygen atoms in total. The highest BCUT2D eigenvalue weighted by molar-refractivity contribution is 5.02. The molecule has 3 heteroatoms. The third-order valence-corrected chi connectivity index (χ3v) is 3.08. The van der Waals surface area contributed by atoms with Crippen LogP contribution in [0.15, 0.2) is 0 Å². The molecule has 0 saturated carbocycles. The van der Waals surface area contributed by atoms with E-state index >= 15 is 0 Å². The minimum absolute atomic E-state index is 0.0462. The van der Waals surface area contributed by atoms with Crippen molar-refractivity contribution in [3.63, 3.8) is 0 Å². The van der Waals surface area contributed by atoms with Crippen molar-refractivity contribution in [2.24, 2.45) is 11.1 Å². The summed E-state index contributed by atoms with van der Waals surface area (Å²) in [7, 11) is 0. The zero-order valence-electron chi connectivity index (χ0n) is 9.92. The van der Waals surface area contributed by atoms with Crippen LogP contribution in [0.1, 0.15) is 34.6 Å². The van der Waals surface area contributed by atoms with Gasteiger partial charge in [-0.15, -0.1) is 0 Å². The highest BCUT2D eigenvalue weighted by atomic mass is 19.1. The van der Waals surface area contributed by atoms with E-state index in [1.54, 1.807) is 0 Å². The highest BCUT2D eigenvalue weighted by Crippen LogP contribution is 2.34. The summed E-state index contributed by atoms with van der Waals surface area (Å²) >= 11 is 0. The van der Waals surface area contributed by atoms with Crippen LogP contribution in [0.4, 0.5) is 4.39 Å². The van der Waals surface area contributed by atoms with Gasteiger partial charge in [-0.1, -0.05) is 20.8 Å². The third kappa shape index (κ3) is 2.09. The number of hydrogen-bond acceptors (Lipinski definition) is 2. The second-order valence-corrected chi connectivity index (χ2v) is 5.69. The Morgan fingerprint density at radius 2 is 1.86 bits per heavy atom. The summed E-state index contributed by atoms with van der Waals surface area (Å²) in [5.41, 5.74) is 5.97. The van der Waals surface area contributed by atoms with Crippen LogP contribution in [0.2, 0.25) is 0 Å². The van der Waals surface area contributed by atoms with Crippen molar-refractivity contribution >= 4 is 0 Å². The lowest BCUT2D eigenvalue weighted by atomic mass is 9.82. The van der Waals surface area contributed by atoms with Crippen molar-refractivity contribution in [3.05, 3.63) is 0 Å². The van der Waals surface area contributed by atoms with E-state index in [0.29, 0.717) is 12.6 Å². The number of nitrogens with two attached hydrogens (primary N) is 1. The lowest BCUT2D eigenvalue weighted by Crippen LogP contribution is -2.51. The number of nitrogens with zero attached hydrogens (tertiary/aromatic N) is 1. The average Bonchev–Trinajstić information content (AvgIpc) is 2.27. The molecule has 1 heterocycles. The summed E-state index contributed by atoms with van der Waals surface area (Å²) in [5.74, 6) is 0. The van der Waals surface area contributed by atoms with Crippen LogP contribution in [-0.4, -0.2) is 35.7 Å². The molecule has 1 aliphatic heterocycles. The van der Waals surface area contributed by atoms with Crippen LogP contribution in [0.3, 0.4) is 0 Å². The Kier molecular flexibility index (Phi) is 3.22.